The van der Waals surface area contributed by atoms with E-state index in [0.29, 0.717) is 21.9 Å². The lowest BCUT2D eigenvalue weighted by Gasteiger charge is -2.36. The van der Waals surface area contributed by atoms with E-state index in [4.69, 9.17) is 27.9 Å². The summed E-state index contributed by atoms with van der Waals surface area (Å²) in [6.45, 7) is 2.97. The second-order valence-corrected chi connectivity index (χ2v) is 5.86. The van der Waals surface area contributed by atoms with Crippen molar-refractivity contribution in [3.63, 3.8) is 0 Å². The fraction of sp³-hybridized carbons (Fsp3) is 0.571. The van der Waals surface area contributed by atoms with Crippen molar-refractivity contribution in [2.24, 2.45) is 5.92 Å². The fourth-order valence-corrected chi connectivity index (χ4v) is 3.09. The van der Waals surface area contributed by atoms with Crippen LogP contribution in [-0.4, -0.2) is 38.8 Å². The Morgan fingerprint density at radius 1 is 1.33 bits per heavy atom. The molecule has 4 heteroatoms. The van der Waals surface area contributed by atoms with E-state index in [1.165, 1.54) is 5.56 Å². The Morgan fingerprint density at radius 3 is 2.78 bits per heavy atom. The van der Waals surface area contributed by atoms with Gasteiger partial charge in [0.1, 0.15) is 0 Å². The van der Waals surface area contributed by atoms with Crippen molar-refractivity contribution in [2.45, 2.75) is 12.3 Å². The van der Waals surface area contributed by atoms with Gasteiger partial charge in [0.2, 0.25) is 0 Å². The van der Waals surface area contributed by atoms with Crippen molar-refractivity contribution >= 4 is 23.2 Å². The van der Waals surface area contributed by atoms with Crippen molar-refractivity contribution in [3.05, 3.63) is 33.8 Å². The summed E-state index contributed by atoms with van der Waals surface area (Å²) in [7, 11) is 3.92. The van der Waals surface area contributed by atoms with Crippen LogP contribution in [0.25, 0.3) is 0 Å². The molecule has 0 amide bonds. The minimum atomic E-state index is 0.510. The monoisotopic (exact) mass is 287 g/mol. The molecule has 0 N–H and O–H groups in total. The van der Waals surface area contributed by atoms with Crippen molar-refractivity contribution in [3.8, 4) is 0 Å². The summed E-state index contributed by atoms with van der Waals surface area (Å²) in [4.78, 5) is 2.36. The maximum atomic E-state index is 6.11. The maximum Gasteiger partial charge on any atom is 0.0595 e. The van der Waals surface area contributed by atoms with Gasteiger partial charge in [0, 0.05) is 19.6 Å². The maximum absolute atomic E-state index is 6.11. The Hall–Kier alpha value is -0.280. The van der Waals surface area contributed by atoms with E-state index in [1.54, 1.807) is 7.11 Å². The molecule has 18 heavy (non-hydrogen) atoms. The van der Waals surface area contributed by atoms with E-state index < -0.39 is 0 Å². The lowest BCUT2D eigenvalue weighted by molar-refractivity contribution is 0.0867. The number of piperidine rings is 1. The molecule has 1 saturated heterocycles. The number of rotatable bonds is 3. The van der Waals surface area contributed by atoms with Crippen LogP contribution in [0, 0.1) is 5.92 Å². The Balaban J connectivity index is 2.20. The normalized spacial score (nSPS) is 25.3. The Morgan fingerprint density at radius 2 is 2.11 bits per heavy atom. The number of methoxy groups -OCH3 is 1. The van der Waals surface area contributed by atoms with Crippen molar-refractivity contribution in [2.75, 3.05) is 33.9 Å². The molecule has 1 aromatic rings. The van der Waals surface area contributed by atoms with Crippen LogP contribution in [0.3, 0.4) is 0 Å². The second-order valence-electron chi connectivity index (χ2n) is 5.05. The Labute approximate surface area is 119 Å². The summed E-state index contributed by atoms with van der Waals surface area (Å²) in [6, 6.07) is 5.98. The first-order chi connectivity index (χ1) is 8.61. The lowest BCUT2D eigenvalue weighted by atomic mass is 9.81. The van der Waals surface area contributed by atoms with Crippen molar-refractivity contribution in [1.82, 2.24) is 4.90 Å². The van der Waals surface area contributed by atoms with Crippen LogP contribution < -0.4 is 0 Å². The smallest absolute Gasteiger partial charge is 0.0595 e. The first-order valence-corrected chi connectivity index (χ1v) is 7.00. The topological polar surface area (TPSA) is 12.5 Å². The molecule has 0 radical (unpaired) electrons. The van der Waals surface area contributed by atoms with Gasteiger partial charge in [-0.15, -0.1) is 0 Å². The standard InChI is InChI=1S/C14H19Cl2NO/c1-17-6-5-12(11(8-17)9-18-2)10-3-4-13(15)14(16)7-10/h3-4,7,11-12H,5-6,8-9H2,1-2H3/t11-,12+/m1/s1. The van der Waals surface area contributed by atoms with E-state index >= 15 is 0 Å². The van der Waals surface area contributed by atoms with Crippen molar-refractivity contribution in [1.29, 1.82) is 0 Å². The van der Waals surface area contributed by atoms with E-state index in [-0.39, 0.29) is 0 Å². The second kappa shape index (κ2) is 6.25. The molecule has 1 fully saturated rings. The number of halogens is 2. The SMILES string of the molecule is COC[C@H]1CN(C)CC[C@H]1c1ccc(Cl)c(Cl)c1. The van der Waals surface area contributed by atoms with Gasteiger partial charge in [0.15, 0.2) is 0 Å². The summed E-state index contributed by atoms with van der Waals surface area (Å²) in [5, 5.41) is 1.26. The molecule has 1 aliphatic heterocycles. The molecule has 0 unspecified atom stereocenters. The molecule has 0 spiro atoms. The van der Waals surface area contributed by atoms with Crippen LogP contribution in [-0.2, 0) is 4.74 Å². The first kappa shape index (κ1) is 14.1. The molecular weight excluding hydrogens is 269 g/mol. The summed E-state index contributed by atoms with van der Waals surface area (Å²) in [6.07, 6.45) is 1.14. The van der Waals surface area contributed by atoms with Crippen LogP contribution >= 0.6 is 23.2 Å². The van der Waals surface area contributed by atoms with Gasteiger partial charge in [-0.2, -0.15) is 0 Å². The highest BCUT2D eigenvalue weighted by Crippen LogP contribution is 2.35. The number of benzene rings is 1. The molecule has 1 aliphatic rings. The predicted octanol–water partition coefficient (Wildman–Crippen LogP) is 3.68. The van der Waals surface area contributed by atoms with Crippen LogP contribution in [0.15, 0.2) is 18.2 Å². The van der Waals surface area contributed by atoms with Crippen LogP contribution in [0.1, 0.15) is 17.9 Å². The average molecular weight is 288 g/mol. The predicted molar refractivity (Wildman–Crippen MR) is 76.7 cm³/mol. The highest BCUT2D eigenvalue weighted by atomic mass is 35.5. The van der Waals surface area contributed by atoms with Crippen molar-refractivity contribution < 1.29 is 4.74 Å². The molecule has 1 aromatic carbocycles. The van der Waals surface area contributed by atoms with E-state index in [9.17, 15) is 0 Å². The van der Waals surface area contributed by atoms with Gasteiger partial charge in [-0.3, -0.25) is 0 Å². The quantitative estimate of drug-likeness (QED) is 0.841. The first-order valence-electron chi connectivity index (χ1n) is 6.24. The number of hydrogen-bond donors (Lipinski definition) is 0. The lowest BCUT2D eigenvalue weighted by Crippen LogP contribution is -2.39. The zero-order valence-corrected chi connectivity index (χ0v) is 12.3. The summed E-state index contributed by atoms with van der Waals surface area (Å²) >= 11 is 12.1. The zero-order valence-electron chi connectivity index (χ0n) is 10.8. The number of hydrogen-bond acceptors (Lipinski definition) is 2. The zero-order chi connectivity index (χ0) is 13.1. The molecule has 2 nitrogen and oxygen atoms in total. The summed E-state index contributed by atoms with van der Waals surface area (Å²) < 4.78 is 5.35. The van der Waals surface area contributed by atoms with Gasteiger partial charge in [-0.25, -0.2) is 0 Å². The average Bonchev–Trinajstić information content (AvgIpc) is 2.34. The van der Waals surface area contributed by atoms with Gasteiger partial charge < -0.3 is 9.64 Å². The van der Waals surface area contributed by atoms with Gasteiger partial charge in [-0.05, 0) is 43.6 Å². The summed E-state index contributed by atoms with van der Waals surface area (Å²) in [5.41, 5.74) is 1.28. The van der Waals surface area contributed by atoms with Gasteiger partial charge in [0.05, 0.1) is 16.7 Å². The van der Waals surface area contributed by atoms with Crippen LogP contribution in [0.2, 0.25) is 10.0 Å². The van der Waals surface area contributed by atoms with Gasteiger partial charge >= 0.3 is 0 Å². The Kier molecular flexibility index (Phi) is 4.91. The largest absolute Gasteiger partial charge is 0.384 e. The van der Waals surface area contributed by atoms with E-state index in [0.717, 1.165) is 26.1 Å². The Bertz CT molecular complexity index is 411. The molecule has 0 aliphatic carbocycles. The number of ether oxygens (including phenoxy) is 1. The van der Waals surface area contributed by atoms with E-state index in [2.05, 4.69) is 18.0 Å². The minimum absolute atomic E-state index is 0.510. The minimum Gasteiger partial charge on any atom is -0.384 e. The van der Waals surface area contributed by atoms with E-state index in [1.807, 2.05) is 12.1 Å². The van der Waals surface area contributed by atoms with Crippen LogP contribution in [0.5, 0.6) is 0 Å². The molecule has 0 aromatic heterocycles. The van der Waals surface area contributed by atoms with Crippen LogP contribution in [0.4, 0.5) is 0 Å². The fourth-order valence-electron chi connectivity index (χ4n) is 2.78. The third kappa shape index (κ3) is 3.18. The number of likely N-dealkylation sites (tertiary alicyclic amines) is 1. The molecule has 1 heterocycles. The van der Waals surface area contributed by atoms with Gasteiger partial charge in [0.25, 0.3) is 0 Å². The third-order valence-electron chi connectivity index (χ3n) is 3.69. The molecule has 100 valence electrons. The third-order valence-corrected chi connectivity index (χ3v) is 4.43. The highest BCUT2D eigenvalue weighted by Gasteiger charge is 2.29. The summed E-state index contributed by atoms with van der Waals surface area (Å²) in [5.74, 6) is 1.03. The molecule has 0 bridgehead atoms. The highest BCUT2D eigenvalue weighted by molar-refractivity contribution is 6.42. The molecule has 2 atom stereocenters. The molecule has 2 rings (SSSR count). The molecule has 0 saturated carbocycles. The molecular formula is C14H19Cl2NO. The number of nitrogens with zero attached hydrogens (tertiary/aromatic N) is 1. The van der Waals surface area contributed by atoms with Gasteiger partial charge in [-0.1, -0.05) is 29.3 Å².